The molecule has 2 aliphatic rings. The second-order valence-electron chi connectivity index (χ2n) is 30.6. The van der Waals surface area contributed by atoms with Crippen molar-refractivity contribution in [2.75, 3.05) is 86.4 Å². The quantitative estimate of drug-likeness (QED) is 0.00879. The molecule has 0 amide bonds. The van der Waals surface area contributed by atoms with Gasteiger partial charge in [0.2, 0.25) is 0 Å². The largest absolute Gasteiger partial charge is 1.00 e. The van der Waals surface area contributed by atoms with Crippen LogP contribution in [0.1, 0.15) is 134 Å². The van der Waals surface area contributed by atoms with Crippen molar-refractivity contribution in [1.82, 2.24) is 0 Å². The van der Waals surface area contributed by atoms with Crippen LogP contribution in [-0.2, 0) is 69.0 Å². The molecule has 0 aliphatic heterocycles. The van der Waals surface area contributed by atoms with Gasteiger partial charge in [0.15, 0.2) is 5.78 Å². The van der Waals surface area contributed by atoms with E-state index >= 15 is 0 Å². The normalized spacial score (nSPS) is 12.3. The predicted octanol–water partition coefficient (Wildman–Crippen LogP) is 10.5. The third-order valence-corrected chi connectivity index (χ3v) is 24.2. The number of rotatable bonds is 36. The van der Waals surface area contributed by atoms with Gasteiger partial charge in [-0.1, -0.05) is 176 Å². The molecule has 0 aromatic heterocycles. The van der Waals surface area contributed by atoms with Gasteiger partial charge in [-0.3, -0.25) is 4.79 Å². The summed E-state index contributed by atoms with van der Waals surface area (Å²) in [6, 6.07) is 87.9. The predicted molar refractivity (Wildman–Crippen MR) is 480 cm³/mol. The van der Waals surface area contributed by atoms with Gasteiger partial charge < -0.3 is 65.9 Å². The number of fused-ring (bicyclic) bond motifs is 8. The molecule has 0 unspecified atom stereocenters. The topological polar surface area (TPSA) is 362 Å². The summed E-state index contributed by atoms with van der Waals surface area (Å²) >= 11 is 0. The molecule has 0 heterocycles. The van der Waals surface area contributed by atoms with Gasteiger partial charge in [0.25, 0.3) is 0 Å². The van der Waals surface area contributed by atoms with E-state index in [4.69, 9.17) is 56.8 Å². The molecule has 666 valence electrons. The Kier molecular flexibility index (Phi) is 30.7. The molecule has 0 atom stereocenters. The molecule has 14 aromatic rings. The maximum atomic E-state index is 13.6. The van der Waals surface area contributed by atoms with Crippen molar-refractivity contribution >= 4 is 89.3 Å². The van der Waals surface area contributed by atoms with Crippen molar-refractivity contribution < 1.29 is 180 Å². The summed E-state index contributed by atoms with van der Waals surface area (Å²) in [7, 11) is -8.79. The van der Waals surface area contributed by atoms with Gasteiger partial charge in [-0.15, -0.1) is 0 Å². The van der Waals surface area contributed by atoms with Crippen molar-refractivity contribution in [2.24, 2.45) is 0 Å². The van der Waals surface area contributed by atoms with Crippen LogP contribution in [0.4, 0.5) is 0 Å². The second kappa shape index (κ2) is 42.6. The molecule has 0 saturated carbocycles. The molecule has 0 bridgehead atoms. The molecule has 0 fully saturated rings. The second-order valence-corrected chi connectivity index (χ2v) is 33.4. The Hall–Kier alpha value is -13.5. The van der Waals surface area contributed by atoms with Gasteiger partial charge in [-0.05, 0) is 223 Å². The van der Waals surface area contributed by atoms with Gasteiger partial charge in [-0.2, -0.15) is 0 Å². The molecule has 134 heavy (non-hydrogen) atoms. The summed E-state index contributed by atoms with van der Waals surface area (Å²) < 4.78 is 140. The van der Waals surface area contributed by atoms with E-state index < -0.39 is 120 Å². The Morgan fingerprint density at radius 3 is 0.709 bits per heavy atom. The molecule has 0 saturated heterocycles. The van der Waals surface area contributed by atoms with Crippen LogP contribution in [0, 0.1) is 0 Å². The number of methoxy groups -OCH3 is 1. The molecule has 26 nitrogen and oxygen atoms in total. The average molecular weight is 1860 g/mol. The van der Waals surface area contributed by atoms with E-state index in [0.29, 0.717) is 70.1 Å². The summed E-state index contributed by atoms with van der Waals surface area (Å²) in [5, 5.41) is 2.54. The Balaban J connectivity index is 0.00000720. The van der Waals surface area contributed by atoms with Crippen LogP contribution in [0.15, 0.2) is 313 Å². The summed E-state index contributed by atoms with van der Waals surface area (Å²) in [5.74, 6) is -4.59. The number of benzene rings is 14. The van der Waals surface area contributed by atoms with Crippen molar-refractivity contribution in [2.45, 2.75) is 27.5 Å². The van der Waals surface area contributed by atoms with Gasteiger partial charge in [0.05, 0.1) is 66.2 Å². The molecule has 2 aliphatic carbocycles. The molecule has 0 N–H and O–H groups in total. The van der Waals surface area contributed by atoms with Crippen LogP contribution in [0.2, 0.25) is 0 Å². The van der Waals surface area contributed by atoms with Crippen LogP contribution in [0.5, 0.6) is 23.0 Å². The molecule has 0 spiro atoms. The van der Waals surface area contributed by atoms with E-state index in [-0.39, 0.29) is 132 Å². The first-order valence-corrected chi connectivity index (χ1v) is 44.5. The zero-order valence-electron chi connectivity index (χ0n) is 72.8. The van der Waals surface area contributed by atoms with Gasteiger partial charge in [0, 0.05) is 12.7 Å². The molecule has 14 aromatic carbocycles. The van der Waals surface area contributed by atoms with E-state index in [1.165, 1.54) is 31.2 Å². The van der Waals surface area contributed by atoms with Crippen molar-refractivity contribution in [1.29, 1.82) is 0 Å². The van der Waals surface area contributed by atoms with Crippen molar-refractivity contribution in [3.63, 3.8) is 0 Å². The summed E-state index contributed by atoms with van der Waals surface area (Å²) in [4.78, 5) is 103. The number of esters is 7. The number of hydrogen-bond acceptors (Lipinski definition) is 26. The third kappa shape index (κ3) is 21.1. The minimum absolute atomic E-state index is 0. The number of ether oxygens (including phenoxy) is 12. The smallest absolute Gasteiger partial charge is 0.744 e. The van der Waals surface area contributed by atoms with Gasteiger partial charge in [0.1, 0.15) is 116 Å². The first kappa shape index (κ1) is 96.6. The first-order valence-electron chi connectivity index (χ1n) is 41.7. The molecular weight excluding hydrogens is 1780 g/mol. The average Bonchev–Trinajstić information content (AvgIpc) is 1.54. The summed E-state index contributed by atoms with van der Waals surface area (Å²) in [6.07, 6.45) is 0. The van der Waals surface area contributed by atoms with E-state index in [1.54, 1.807) is 67.8 Å². The van der Waals surface area contributed by atoms with E-state index in [2.05, 4.69) is 60.7 Å². The molecular formula is C104H80Na2O26S2. The number of carbonyl (C=O) groups is 8. The molecule has 30 heteroatoms. The van der Waals surface area contributed by atoms with Gasteiger partial charge >= 0.3 is 101 Å². The number of hydrogen-bond donors (Lipinski definition) is 0. The Labute approximate surface area is 814 Å². The Morgan fingerprint density at radius 2 is 0.470 bits per heavy atom. The number of ketones is 1. The minimum Gasteiger partial charge on any atom is -0.744 e. The number of Topliss-reactive ketones (excluding diaryl/α,β-unsaturated/α-hetero) is 1. The fourth-order valence-corrected chi connectivity index (χ4v) is 17.6. The molecule has 16 rings (SSSR count). The Bertz CT molecular complexity index is 6980. The van der Waals surface area contributed by atoms with Crippen LogP contribution in [-0.4, -0.2) is 160 Å². The van der Waals surface area contributed by atoms with Crippen LogP contribution in [0.25, 0.3) is 43.8 Å². The first-order chi connectivity index (χ1) is 63.8. The van der Waals surface area contributed by atoms with Crippen LogP contribution >= 0.6 is 0 Å². The zero-order chi connectivity index (χ0) is 92.3. The zero-order valence-corrected chi connectivity index (χ0v) is 78.4. The summed E-state index contributed by atoms with van der Waals surface area (Å²) in [5.41, 5.74) is 10.0. The SMILES string of the molecule is COCCOc1ccc(C2(c3ccc(OCCOC(=O)c4cc(C(=O)OCCOc5ccc(C6(c7ccc(OCCOC(=O)c8ccc9cc(C(=O)OCCOC(=O)c%10cc(C(=O)OCCOC(=O)c%11ccc%12cc(C(C)=O)ccc%12c%11)cc(S(=O)(=O)[O-])c%10)ccc9c8)cc7)c7ccccc7-c7ccccc76)cc5)cc(S(=O)(=O)[O-])c4)cc3)c3ccccc3-c3ccccc32)cc1.[Na+].[Na+]. The molecule has 0 radical (unpaired) electrons. The number of carbonyl (C=O) groups excluding carboxylic acids is 8. The van der Waals surface area contributed by atoms with Crippen molar-refractivity contribution in [3.8, 4) is 45.3 Å². The summed E-state index contributed by atoms with van der Waals surface area (Å²) in [6.45, 7) is -0.598. The van der Waals surface area contributed by atoms with E-state index in [9.17, 15) is 64.3 Å². The minimum atomic E-state index is -5.22. The monoisotopic (exact) mass is 1850 g/mol. The van der Waals surface area contributed by atoms with Gasteiger partial charge in [-0.25, -0.2) is 50.4 Å². The van der Waals surface area contributed by atoms with E-state index in [0.717, 1.165) is 96.4 Å². The maximum absolute atomic E-state index is 13.6. The van der Waals surface area contributed by atoms with E-state index in [1.807, 2.05) is 121 Å². The standard InChI is InChI=1S/C104H82O26S2.2Na/c1-65(105)66-19-20-68-56-71(24-21-67(68)55-66)97(107)125-51-53-129-101(111)76-60-77(64-87(63-76)132(116,117)118)102(112)130-54-52-126-98(108)73-26-23-69-57-72(25-22-70(69)58-73)96(106)124-48-45-121-83-37-29-80(30-38-83)104(94-17-9-5-13-90(94)91-14-6-10-18-95(91)104)81-33-41-85(42-34-81)123-47-50-128-100(110)75-59-74(61-86(62-75)131(113,114)115)99(109)127-49-46-122-84-39-31-79(32-40-84)103(78-27-35-82(36-28-78)120-44-43-119-2)92-15-7-3-11-88(92)89-12-4-8-16-93(89)103;;/h3-42,55-64H,43-54H2,1-2H3,(H,113,114,115)(H,116,117,118);;/q;2*+1/p-2. The fraction of sp³-hybridized carbons (Fsp3) is 0.154. The maximum Gasteiger partial charge on any atom is 1.00 e. The Morgan fingerprint density at radius 1 is 0.254 bits per heavy atom. The van der Waals surface area contributed by atoms with Crippen LogP contribution in [0.3, 0.4) is 0 Å². The third-order valence-electron chi connectivity index (χ3n) is 22.6. The van der Waals surface area contributed by atoms with Crippen molar-refractivity contribution in [3.05, 3.63) is 392 Å². The fourth-order valence-electron chi connectivity index (χ4n) is 16.5. The van der Waals surface area contributed by atoms with Crippen LogP contribution < -0.4 is 78.1 Å².